The van der Waals surface area contributed by atoms with Gasteiger partial charge in [-0.05, 0) is 18.8 Å². The van der Waals surface area contributed by atoms with E-state index in [1.165, 1.54) is 6.42 Å². The molecule has 4 nitrogen and oxygen atoms in total. The van der Waals surface area contributed by atoms with Crippen molar-refractivity contribution in [1.82, 2.24) is 5.32 Å². The molecule has 0 saturated heterocycles. The second-order valence-corrected chi connectivity index (χ2v) is 3.63. The maximum Gasteiger partial charge on any atom is 0.207 e. The molecule has 0 aromatic carbocycles. The number of rotatable bonds is 5. The van der Waals surface area contributed by atoms with Crippen LogP contribution in [0.5, 0.6) is 0 Å². The molecule has 94 valence electrons. The first-order valence-corrected chi connectivity index (χ1v) is 5.14. The van der Waals surface area contributed by atoms with Crippen molar-refractivity contribution in [3.63, 3.8) is 0 Å². The monoisotopic (exact) mass is 221 g/mol. The van der Waals surface area contributed by atoms with Gasteiger partial charge < -0.3 is 15.2 Å². The van der Waals surface area contributed by atoms with Gasteiger partial charge in [0.1, 0.15) is 0 Å². The van der Waals surface area contributed by atoms with Crippen LogP contribution >= 0.6 is 0 Å². The Hall–Kier alpha value is -0.610. The van der Waals surface area contributed by atoms with Gasteiger partial charge in [-0.1, -0.05) is 20.8 Å². The van der Waals surface area contributed by atoms with Gasteiger partial charge in [-0.25, -0.2) is 0 Å². The van der Waals surface area contributed by atoms with E-state index in [1.54, 1.807) is 7.11 Å². The van der Waals surface area contributed by atoms with Crippen LogP contribution in [-0.4, -0.2) is 38.9 Å². The lowest BCUT2D eigenvalue weighted by Gasteiger charge is -2.20. The zero-order valence-electron chi connectivity index (χ0n) is 11.0. The summed E-state index contributed by atoms with van der Waals surface area (Å²) in [6.45, 7) is 10.0. The molecule has 0 saturated carbocycles. The second kappa shape index (κ2) is 15.8. The van der Waals surface area contributed by atoms with Gasteiger partial charge in [0.05, 0.1) is 6.61 Å². The van der Waals surface area contributed by atoms with E-state index < -0.39 is 0 Å². The average Bonchev–Trinajstić information content (AvgIpc) is 2.23. The molecule has 0 atom stereocenters. The lowest BCUT2D eigenvalue weighted by Crippen LogP contribution is -2.16. The zero-order chi connectivity index (χ0) is 12.7. The van der Waals surface area contributed by atoms with Crippen LogP contribution in [0.1, 0.15) is 34.1 Å². The fourth-order valence-electron chi connectivity index (χ4n) is 0.576. The molecular formula is C11H27NO3. The Morgan fingerprint density at radius 1 is 1.33 bits per heavy atom. The molecule has 0 aliphatic carbocycles. The molecule has 0 aromatic rings. The molecule has 0 bridgehead atoms. The Morgan fingerprint density at radius 3 is 1.87 bits per heavy atom. The van der Waals surface area contributed by atoms with Crippen molar-refractivity contribution in [2.24, 2.45) is 5.41 Å². The number of hydrogen-bond acceptors (Lipinski definition) is 3. The predicted octanol–water partition coefficient (Wildman–Crippen LogP) is 1.43. The fraction of sp³-hybridized carbons (Fsp3) is 0.909. The van der Waals surface area contributed by atoms with Crippen LogP contribution in [0.25, 0.3) is 0 Å². The first-order valence-electron chi connectivity index (χ1n) is 5.14. The highest BCUT2D eigenvalue weighted by Gasteiger charge is 2.13. The molecule has 15 heavy (non-hydrogen) atoms. The first kappa shape index (κ1) is 19.9. The van der Waals surface area contributed by atoms with Crippen LogP contribution in [0.15, 0.2) is 0 Å². The normalized spacial score (nSPS) is 9.00. The minimum Gasteiger partial charge on any atom is -0.400 e. The van der Waals surface area contributed by atoms with Gasteiger partial charge in [0.15, 0.2) is 0 Å². The Morgan fingerprint density at radius 2 is 1.80 bits per heavy atom. The van der Waals surface area contributed by atoms with Crippen molar-refractivity contribution in [2.45, 2.75) is 34.1 Å². The molecule has 0 rings (SSSR count). The molecule has 0 spiro atoms. The summed E-state index contributed by atoms with van der Waals surface area (Å²) in [5.41, 5.74) is 0.370. The molecule has 0 aromatic heterocycles. The van der Waals surface area contributed by atoms with Gasteiger partial charge in [-0.3, -0.25) is 4.79 Å². The minimum absolute atomic E-state index is 0.370. The number of aliphatic hydroxyl groups is 1. The van der Waals surface area contributed by atoms with Crippen molar-refractivity contribution >= 4 is 6.41 Å². The molecule has 0 fully saturated rings. The largest absolute Gasteiger partial charge is 0.400 e. The quantitative estimate of drug-likeness (QED) is 0.690. The summed E-state index contributed by atoms with van der Waals surface area (Å²) in [4.78, 5) is 9.29. The topological polar surface area (TPSA) is 58.6 Å². The van der Waals surface area contributed by atoms with E-state index in [-0.39, 0.29) is 0 Å². The number of carbonyl (C=O) groups excluding carboxylic acids is 1. The molecule has 0 unspecified atom stereocenters. The van der Waals surface area contributed by atoms with Crippen molar-refractivity contribution < 1.29 is 14.6 Å². The lowest BCUT2D eigenvalue weighted by atomic mass is 9.92. The van der Waals surface area contributed by atoms with E-state index in [2.05, 4.69) is 26.1 Å². The zero-order valence-corrected chi connectivity index (χ0v) is 11.0. The summed E-state index contributed by atoms with van der Waals surface area (Å²) >= 11 is 0. The van der Waals surface area contributed by atoms with Crippen LogP contribution in [-0.2, 0) is 9.53 Å². The highest BCUT2D eigenvalue weighted by Crippen LogP contribution is 2.18. The standard InChI is InChI=1S/C7H16O.C3H7NO.CH4O/c1-5-7(2,3)6-8-4;1-2-4-3-5;1-2/h5-6H2,1-4H3;3H,2H2,1H3,(H,4,5);2H,1H3. The van der Waals surface area contributed by atoms with Crippen molar-refractivity contribution in [2.75, 3.05) is 27.4 Å². The van der Waals surface area contributed by atoms with Crippen molar-refractivity contribution in [1.29, 1.82) is 0 Å². The van der Waals surface area contributed by atoms with E-state index in [0.717, 1.165) is 20.3 Å². The maximum absolute atomic E-state index is 9.29. The number of amides is 1. The van der Waals surface area contributed by atoms with Crippen molar-refractivity contribution in [3.8, 4) is 0 Å². The highest BCUT2D eigenvalue weighted by atomic mass is 16.5. The molecule has 1 amide bonds. The van der Waals surface area contributed by atoms with E-state index in [0.29, 0.717) is 11.8 Å². The molecule has 0 aliphatic rings. The molecule has 0 aliphatic heterocycles. The van der Waals surface area contributed by atoms with Gasteiger partial charge in [-0.15, -0.1) is 0 Å². The van der Waals surface area contributed by atoms with Crippen LogP contribution in [0.2, 0.25) is 0 Å². The Bertz CT molecular complexity index is 116. The van der Waals surface area contributed by atoms with Crippen molar-refractivity contribution in [3.05, 3.63) is 0 Å². The lowest BCUT2D eigenvalue weighted by molar-refractivity contribution is -0.109. The second-order valence-electron chi connectivity index (χ2n) is 3.63. The van der Waals surface area contributed by atoms with Crippen LogP contribution in [0, 0.1) is 5.41 Å². The summed E-state index contributed by atoms with van der Waals surface area (Å²) in [7, 11) is 2.75. The third kappa shape index (κ3) is 24.7. The Labute approximate surface area is 94.0 Å². The molecule has 0 radical (unpaired) electrons. The van der Waals surface area contributed by atoms with Crippen LogP contribution in [0.4, 0.5) is 0 Å². The summed E-state index contributed by atoms with van der Waals surface area (Å²) in [6, 6.07) is 0. The number of carbonyl (C=O) groups is 1. The van der Waals surface area contributed by atoms with Crippen LogP contribution in [0.3, 0.4) is 0 Å². The number of hydrogen-bond donors (Lipinski definition) is 2. The van der Waals surface area contributed by atoms with Gasteiger partial charge in [0, 0.05) is 20.8 Å². The van der Waals surface area contributed by atoms with Gasteiger partial charge in [-0.2, -0.15) is 0 Å². The molecule has 4 heteroatoms. The smallest absolute Gasteiger partial charge is 0.207 e. The van der Waals surface area contributed by atoms with Gasteiger partial charge >= 0.3 is 0 Å². The van der Waals surface area contributed by atoms with E-state index in [4.69, 9.17) is 9.84 Å². The van der Waals surface area contributed by atoms with E-state index in [9.17, 15) is 4.79 Å². The highest BCUT2D eigenvalue weighted by molar-refractivity contribution is 5.45. The summed E-state index contributed by atoms with van der Waals surface area (Å²) in [5, 5.41) is 9.43. The number of aliphatic hydroxyl groups excluding tert-OH is 1. The molecule has 0 heterocycles. The predicted molar refractivity (Wildman–Crippen MR) is 63.8 cm³/mol. The Balaban J connectivity index is -0.000000177. The fourth-order valence-corrected chi connectivity index (χ4v) is 0.576. The molecule has 2 N–H and O–H groups in total. The average molecular weight is 221 g/mol. The number of methoxy groups -OCH3 is 1. The number of ether oxygens (including phenoxy) is 1. The van der Waals surface area contributed by atoms with E-state index >= 15 is 0 Å². The summed E-state index contributed by atoms with van der Waals surface area (Å²) < 4.78 is 5.00. The summed E-state index contributed by atoms with van der Waals surface area (Å²) in [6.07, 6.45) is 1.86. The molecular weight excluding hydrogens is 194 g/mol. The minimum atomic E-state index is 0.370. The summed E-state index contributed by atoms with van der Waals surface area (Å²) in [5.74, 6) is 0. The third-order valence-corrected chi connectivity index (χ3v) is 1.78. The van der Waals surface area contributed by atoms with Gasteiger partial charge in [0.25, 0.3) is 0 Å². The first-order chi connectivity index (χ1) is 7.04. The Kier molecular flexibility index (Phi) is 21.0. The SMILES string of the molecule is CCC(C)(C)COC.CCNC=O.CO. The number of nitrogens with one attached hydrogen (secondary N) is 1. The van der Waals surface area contributed by atoms with Gasteiger partial charge in [0.2, 0.25) is 6.41 Å². The third-order valence-electron chi connectivity index (χ3n) is 1.78. The maximum atomic E-state index is 9.29. The van der Waals surface area contributed by atoms with Crippen LogP contribution < -0.4 is 5.32 Å². The van der Waals surface area contributed by atoms with E-state index in [1.807, 2.05) is 6.92 Å².